The molecule has 108 valence electrons. The molecule has 0 amide bonds. The van der Waals surface area contributed by atoms with Gasteiger partial charge in [-0.15, -0.1) is 0 Å². The summed E-state index contributed by atoms with van der Waals surface area (Å²) in [4.78, 5) is -0.690. The predicted molar refractivity (Wildman–Crippen MR) is 71.0 cm³/mol. The van der Waals surface area contributed by atoms with Crippen LogP contribution in [0.15, 0.2) is 29.2 Å². The van der Waals surface area contributed by atoms with Crippen molar-refractivity contribution >= 4 is 25.8 Å². The van der Waals surface area contributed by atoms with Gasteiger partial charge >= 0.3 is 5.51 Å². The fourth-order valence-corrected chi connectivity index (χ4v) is 3.52. The summed E-state index contributed by atoms with van der Waals surface area (Å²) in [6, 6.07) is 5.26. The first-order valence-electron chi connectivity index (χ1n) is 5.73. The minimum Gasteiger partial charge on any atom is -0.214 e. The van der Waals surface area contributed by atoms with Gasteiger partial charge in [0.2, 0.25) is 0 Å². The molecule has 0 radical (unpaired) electrons. The smallest absolute Gasteiger partial charge is 0.214 e. The Kier molecular flexibility index (Phi) is 5.43. The highest BCUT2D eigenvalue weighted by molar-refractivity contribution is 9.09. The van der Waals surface area contributed by atoms with Gasteiger partial charge in [-0.2, -0.15) is 13.2 Å². The fraction of sp³-hybridized carbons (Fsp3) is 0.500. The molecule has 0 aliphatic rings. The minimum atomic E-state index is -5.29. The van der Waals surface area contributed by atoms with Gasteiger partial charge in [-0.25, -0.2) is 8.42 Å². The third-order valence-corrected chi connectivity index (χ3v) is 4.98. The second-order valence-electron chi connectivity index (χ2n) is 4.15. The molecule has 0 heterocycles. The first kappa shape index (κ1) is 16.5. The lowest BCUT2D eigenvalue weighted by Crippen LogP contribution is -2.24. The third kappa shape index (κ3) is 3.95. The van der Waals surface area contributed by atoms with E-state index in [4.69, 9.17) is 0 Å². The maximum atomic E-state index is 12.6. The summed E-state index contributed by atoms with van der Waals surface area (Å²) in [6.07, 6.45) is 1.88. The Morgan fingerprint density at radius 3 is 2.37 bits per heavy atom. The standard InChI is InChI=1S/C12H14BrF3O2S/c1-2-5-10(13)8-9-6-3-4-7-11(9)19(17,18)12(14,15)16/h3-4,6-7,10H,2,5,8H2,1H3. The van der Waals surface area contributed by atoms with Crippen molar-refractivity contribution in [1.29, 1.82) is 0 Å². The molecule has 7 heteroatoms. The van der Waals surface area contributed by atoms with E-state index in [2.05, 4.69) is 15.9 Å². The summed E-state index contributed by atoms with van der Waals surface area (Å²) in [7, 11) is -5.29. The Hall–Kier alpha value is -0.560. The van der Waals surface area contributed by atoms with E-state index in [1.165, 1.54) is 18.2 Å². The number of sulfone groups is 1. The molecule has 0 saturated carbocycles. The Morgan fingerprint density at radius 2 is 1.84 bits per heavy atom. The van der Waals surface area contributed by atoms with Crippen LogP contribution in [0, 0.1) is 0 Å². The second kappa shape index (κ2) is 6.26. The second-order valence-corrected chi connectivity index (χ2v) is 7.35. The number of halogens is 4. The monoisotopic (exact) mass is 358 g/mol. The van der Waals surface area contributed by atoms with E-state index in [-0.39, 0.29) is 16.8 Å². The fourth-order valence-electron chi connectivity index (χ4n) is 1.71. The van der Waals surface area contributed by atoms with Crippen molar-refractivity contribution in [2.24, 2.45) is 0 Å². The van der Waals surface area contributed by atoms with Gasteiger partial charge < -0.3 is 0 Å². The lowest BCUT2D eigenvalue weighted by atomic mass is 10.1. The molecule has 0 aliphatic carbocycles. The number of hydrogen-bond acceptors (Lipinski definition) is 2. The van der Waals surface area contributed by atoms with E-state index in [1.807, 2.05) is 6.92 Å². The van der Waals surface area contributed by atoms with Gasteiger partial charge in [-0.3, -0.25) is 0 Å². The summed E-state index contributed by atoms with van der Waals surface area (Å²) in [6.45, 7) is 1.95. The zero-order valence-electron chi connectivity index (χ0n) is 10.2. The molecule has 0 fully saturated rings. The van der Waals surface area contributed by atoms with Gasteiger partial charge in [0.1, 0.15) is 0 Å². The molecule has 1 aromatic carbocycles. The summed E-state index contributed by atoms with van der Waals surface area (Å²) in [5, 5.41) is 0. The molecule has 0 N–H and O–H groups in total. The number of alkyl halides is 4. The summed E-state index contributed by atoms with van der Waals surface area (Å²) in [5.74, 6) is 0. The largest absolute Gasteiger partial charge is 0.501 e. The maximum Gasteiger partial charge on any atom is 0.501 e. The molecular formula is C12H14BrF3O2S. The third-order valence-electron chi connectivity index (χ3n) is 2.61. The molecule has 0 spiro atoms. The van der Waals surface area contributed by atoms with Crippen LogP contribution in [0.5, 0.6) is 0 Å². The number of benzene rings is 1. The Labute approximate surface area is 119 Å². The van der Waals surface area contributed by atoms with Gasteiger partial charge in [0.25, 0.3) is 9.84 Å². The topological polar surface area (TPSA) is 34.1 Å². The van der Waals surface area contributed by atoms with Crippen LogP contribution in [0.3, 0.4) is 0 Å². The van der Waals surface area contributed by atoms with Crippen molar-refractivity contribution in [3.63, 3.8) is 0 Å². The SMILES string of the molecule is CCCC(Br)Cc1ccccc1S(=O)(=O)C(F)(F)F. The van der Waals surface area contributed by atoms with Crippen LogP contribution in [-0.2, 0) is 16.3 Å². The van der Waals surface area contributed by atoms with Gasteiger partial charge in [-0.1, -0.05) is 47.5 Å². The average Bonchev–Trinajstić information content (AvgIpc) is 2.28. The molecule has 1 atom stereocenters. The first-order chi connectivity index (χ1) is 8.70. The molecule has 1 rings (SSSR count). The van der Waals surface area contributed by atoms with Crippen LogP contribution in [0.4, 0.5) is 13.2 Å². The predicted octanol–water partition coefficient (Wildman–Crippen LogP) is 4.09. The maximum absolute atomic E-state index is 12.6. The Bertz CT molecular complexity index is 526. The van der Waals surface area contributed by atoms with Crippen molar-refractivity contribution < 1.29 is 21.6 Å². The van der Waals surface area contributed by atoms with Crippen LogP contribution in [-0.4, -0.2) is 18.8 Å². The molecule has 0 bridgehead atoms. The first-order valence-corrected chi connectivity index (χ1v) is 8.13. The highest BCUT2D eigenvalue weighted by Gasteiger charge is 2.47. The van der Waals surface area contributed by atoms with Crippen molar-refractivity contribution in [1.82, 2.24) is 0 Å². The van der Waals surface area contributed by atoms with Gasteiger partial charge in [0.05, 0.1) is 4.90 Å². The normalized spacial score (nSPS) is 14.4. The lowest BCUT2D eigenvalue weighted by molar-refractivity contribution is -0.0436. The average molecular weight is 359 g/mol. The van der Waals surface area contributed by atoms with Crippen LogP contribution in [0.1, 0.15) is 25.3 Å². The highest BCUT2D eigenvalue weighted by Crippen LogP contribution is 2.33. The van der Waals surface area contributed by atoms with E-state index in [0.717, 1.165) is 18.9 Å². The van der Waals surface area contributed by atoms with E-state index in [9.17, 15) is 21.6 Å². The number of rotatable bonds is 5. The summed E-state index contributed by atoms with van der Waals surface area (Å²) < 4.78 is 60.7. The molecular weight excluding hydrogens is 345 g/mol. The van der Waals surface area contributed by atoms with E-state index < -0.39 is 20.2 Å². The summed E-state index contributed by atoms with van der Waals surface area (Å²) in [5.41, 5.74) is -5.08. The molecule has 2 nitrogen and oxygen atoms in total. The molecule has 0 aliphatic heterocycles. The van der Waals surface area contributed by atoms with Crippen molar-refractivity contribution in [3.8, 4) is 0 Å². The Morgan fingerprint density at radius 1 is 1.26 bits per heavy atom. The highest BCUT2D eigenvalue weighted by atomic mass is 79.9. The quantitative estimate of drug-likeness (QED) is 0.743. The van der Waals surface area contributed by atoms with Gasteiger partial charge in [0, 0.05) is 4.83 Å². The van der Waals surface area contributed by atoms with Crippen LogP contribution in [0.25, 0.3) is 0 Å². The van der Waals surface area contributed by atoms with Gasteiger partial charge in [-0.05, 0) is 24.5 Å². The van der Waals surface area contributed by atoms with E-state index in [0.29, 0.717) is 0 Å². The van der Waals surface area contributed by atoms with Crippen LogP contribution >= 0.6 is 15.9 Å². The molecule has 0 saturated heterocycles. The summed E-state index contributed by atoms with van der Waals surface area (Å²) >= 11 is 3.35. The van der Waals surface area contributed by atoms with E-state index >= 15 is 0 Å². The van der Waals surface area contributed by atoms with E-state index in [1.54, 1.807) is 0 Å². The van der Waals surface area contributed by atoms with Crippen molar-refractivity contribution in [3.05, 3.63) is 29.8 Å². The van der Waals surface area contributed by atoms with Crippen molar-refractivity contribution in [2.75, 3.05) is 0 Å². The van der Waals surface area contributed by atoms with Crippen LogP contribution in [0.2, 0.25) is 0 Å². The Balaban J connectivity index is 3.17. The lowest BCUT2D eigenvalue weighted by Gasteiger charge is -2.14. The van der Waals surface area contributed by atoms with Gasteiger partial charge in [0.15, 0.2) is 0 Å². The zero-order chi connectivity index (χ0) is 14.7. The minimum absolute atomic E-state index is 0.0397. The molecule has 0 aromatic heterocycles. The zero-order valence-corrected chi connectivity index (χ0v) is 12.6. The molecule has 1 unspecified atom stereocenters. The number of hydrogen-bond donors (Lipinski definition) is 0. The van der Waals surface area contributed by atoms with Crippen molar-refractivity contribution in [2.45, 2.75) is 41.4 Å². The van der Waals surface area contributed by atoms with Crippen LogP contribution < -0.4 is 0 Å². The molecule has 1 aromatic rings. The molecule has 19 heavy (non-hydrogen) atoms.